The molecule has 2 aromatic carbocycles. The van der Waals surface area contributed by atoms with Gasteiger partial charge in [0.15, 0.2) is 0 Å². The van der Waals surface area contributed by atoms with Gasteiger partial charge >= 0.3 is 0 Å². The second-order valence-electron chi connectivity index (χ2n) is 9.93. The maximum Gasteiger partial charge on any atom is 0.244 e. The second kappa shape index (κ2) is 12.6. The fraction of sp³-hybridized carbons (Fsp3) is 0.481. The number of sulfonamides is 1. The highest BCUT2D eigenvalue weighted by Gasteiger charge is 2.31. The minimum atomic E-state index is -3.77. The van der Waals surface area contributed by atoms with Gasteiger partial charge < -0.3 is 10.2 Å². The van der Waals surface area contributed by atoms with E-state index in [4.69, 9.17) is 11.6 Å². The maximum atomic E-state index is 13.7. The van der Waals surface area contributed by atoms with E-state index in [9.17, 15) is 18.0 Å². The Hall–Kier alpha value is -2.58. The van der Waals surface area contributed by atoms with Crippen molar-refractivity contribution < 1.29 is 18.0 Å². The van der Waals surface area contributed by atoms with Crippen LogP contribution in [0.3, 0.4) is 0 Å². The second-order valence-corrected chi connectivity index (χ2v) is 12.3. The van der Waals surface area contributed by atoms with Gasteiger partial charge in [0.1, 0.15) is 12.6 Å². The Bertz CT molecular complexity index is 1130. The van der Waals surface area contributed by atoms with Crippen LogP contribution in [0.25, 0.3) is 0 Å². The molecule has 2 aromatic rings. The molecule has 0 aromatic heterocycles. The highest BCUT2D eigenvalue weighted by molar-refractivity contribution is 7.92. The summed E-state index contributed by atoms with van der Waals surface area (Å²) in [5, 5.41) is 3.42. The molecule has 36 heavy (non-hydrogen) atoms. The number of nitrogens with zero attached hydrogens (tertiary/aromatic N) is 2. The van der Waals surface area contributed by atoms with E-state index < -0.39 is 28.5 Å². The van der Waals surface area contributed by atoms with E-state index in [-0.39, 0.29) is 17.9 Å². The summed E-state index contributed by atoms with van der Waals surface area (Å²) >= 11 is 6.02. The normalized spacial score (nSPS) is 12.6. The lowest BCUT2D eigenvalue weighted by Crippen LogP contribution is -2.52. The summed E-state index contributed by atoms with van der Waals surface area (Å²) in [6, 6.07) is 13.4. The van der Waals surface area contributed by atoms with E-state index in [0.29, 0.717) is 23.7 Å². The molecule has 7 nitrogen and oxygen atoms in total. The van der Waals surface area contributed by atoms with Gasteiger partial charge in [0.2, 0.25) is 21.8 Å². The molecule has 0 heterocycles. The lowest BCUT2D eigenvalue weighted by atomic mass is 9.87. The van der Waals surface area contributed by atoms with Crippen molar-refractivity contribution in [3.05, 3.63) is 64.7 Å². The summed E-state index contributed by atoms with van der Waals surface area (Å²) in [5.41, 5.74) is 2.14. The highest BCUT2D eigenvalue weighted by atomic mass is 35.5. The molecule has 0 saturated carbocycles. The molecule has 1 unspecified atom stereocenters. The van der Waals surface area contributed by atoms with Crippen molar-refractivity contribution >= 4 is 39.1 Å². The number of anilines is 1. The summed E-state index contributed by atoms with van der Waals surface area (Å²) in [6.45, 7) is 10.2. The SMILES string of the molecule is CCCNC(=O)C(CC)N(Cc1ccc(Cl)cc1)C(=O)CN(c1ccc(C(C)(C)C)cc1)S(C)(=O)=O. The summed E-state index contributed by atoms with van der Waals surface area (Å²) in [5.74, 6) is -0.726. The number of rotatable bonds is 11. The Morgan fingerprint density at radius 3 is 2.06 bits per heavy atom. The van der Waals surface area contributed by atoms with E-state index in [1.165, 1.54) is 4.90 Å². The lowest BCUT2D eigenvalue weighted by Gasteiger charge is -2.33. The number of carbonyl (C=O) groups is 2. The van der Waals surface area contributed by atoms with Crippen LogP contribution >= 0.6 is 11.6 Å². The molecule has 0 aliphatic rings. The minimum Gasteiger partial charge on any atom is -0.354 e. The molecule has 1 N–H and O–H groups in total. The van der Waals surface area contributed by atoms with Gasteiger partial charge in [-0.3, -0.25) is 13.9 Å². The van der Waals surface area contributed by atoms with Gasteiger partial charge in [0.25, 0.3) is 0 Å². The molecule has 2 amide bonds. The molecule has 0 fully saturated rings. The number of halogens is 1. The van der Waals surface area contributed by atoms with Crippen LogP contribution in [0.2, 0.25) is 5.02 Å². The molecule has 0 aliphatic carbocycles. The maximum absolute atomic E-state index is 13.7. The van der Waals surface area contributed by atoms with Crippen molar-refractivity contribution in [2.24, 2.45) is 0 Å². The van der Waals surface area contributed by atoms with Gasteiger partial charge in [-0.05, 0) is 53.6 Å². The Labute approximate surface area is 220 Å². The van der Waals surface area contributed by atoms with Gasteiger partial charge in [-0.25, -0.2) is 8.42 Å². The van der Waals surface area contributed by atoms with Crippen molar-refractivity contribution in [2.45, 2.75) is 65.5 Å². The van der Waals surface area contributed by atoms with Crippen LogP contribution in [0, 0.1) is 0 Å². The first-order valence-electron chi connectivity index (χ1n) is 12.2. The molecule has 9 heteroatoms. The Balaban J connectivity index is 2.42. The quantitative estimate of drug-likeness (QED) is 0.450. The van der Waals surface area contributed by atoms with Crippen molar-refractivity contribution in [3.8, 4) is 0 Å². The molecule has 198 valence electrons. The minimum absolute atomic E-state index is 0.0974. The molecule has 0 radical (unpaired) electrons. The first-order valence-corrected chi connectivity index (χ1v) is 14.4. The zero-order valence-electron chi connectivity index (χ0n) is 22.0. The first kappa shape index (κ1) is 29.6. The fourth-order valence-electron chi connectivity index (χ4n) is 3.81. The number of hydrogen-bond acceptors (Lipinski definition) is 4. The summed E-state index contributed by atoms with van der Waals surface area (Å²) in [7, 11) is -3.77. The Morgan fingerprint density at radius 1 is 1.00 bits per heavy atom. The molecule has 0 bridgehead atoms. The lowest BCUT2D eigenvalue weighted by molar-refractivity contribution is -0.140. The Morgan fingerprint density at radius 2 is 1.58 bits per heavy atom. The topological polar surface area (TPSA) is 86.8 Å². The number of benzene rings is 2. The van der Waals surface area contributed by atoms with Crippen LogP contribution in [-0.2, 0) is 31.6 Å². The van der Waals surface area contributed by atoms with E-state index >= 15 is 0 Å². The summed E-state index contributed by atoms with van der Waals surface area (Å²) in [6.07, 6.45) is 2.22. The largest absolute Gasteiger partial charge is 0.354 e. The standard InChI is InChI=1S/C27H38ClN3O4S/c1-7-17-29-26(33)24(8-2)30(18-20-9-13-22(28)14-10-20)25(32)19-31(36(6,34)35)23-15-11-21(12-16-23)27(3,4)5/h9-16,24H,7-8,17-19H2,1-6H3,(H,29,33). The van der Waals surface area contributed by atoms with Crippen LogP contribution in [0.4, 0.5) is 5.69 Å². The van der Waals surface area contributed by atoms with Gasteiger partial charge in [0.05, 0.1) is 11.9 Å². The first-order chi connectivity index (χ1) is 16.8. The molecule has 0 aliphatic heterocycles. The third kappa shape index (κ3) is 8.23. The molecule has 1 atom stereocenters. The van der Waals surface area contributed by atoms with Crippen LogP contribution in [0.15, 0.2) is 48.5 Å². The smallest absolute Gasteiger partial charge is 0.244 e. The van der Waals surface area contributed by atoms with Crippen LogP contribution < -0.4 is 9.62 Å². The van der Waals surface area contributed by atoms with Gasteiger partial charge in [-0.2, -0.15) is 0 Å². The molecule has 2 rings (SSSR count). The monoisotopic (exact) mass is 535 g/mol. The van der Waals surface area contributed by atoms with Gasteiger partial charge in [-0.1, -0.05) is 70.5 Å². The highest BCUT2D eigenvalue weighted by Crippen LogP contribution is 2.26. The zero-order chi connectivity index (χ0) is 27.1. The number of hydrogen-bond donors (Lipinski definition) is 1. The van der Waals surface area contributed by atoms with E-state index in [1.807, 2.05) is 26.0 Å². The molecule has 0 spiro atoms. The van der Waals surface area contributed by atoms with Gasteiger partial charge in [0, 0.05) is 18.1 Å². The van der Waals surface area contributed by atoms with Gasteiger partial charge in [-0.15, -0.1) is 0 Å². The predicted octanol–water partition coefficient (Wildman–Crippen LogP) is 4.74. The zero-order valence-corrected chi connectivity index (χ0v) is 23.6. The van der Waals surface area contributed by atoms with Crippen molar-refractivity contribution in [1.82, 2.24) is 10.2 Å². The van der Waals surface area contributed by atoms with E-state index in [0.717, 1.165) is 28.1 Å². The van der Waals surface area contributed by atoms with Crippen molar-refractivity contribution in [1.29, 1.82) is 0 Å². The summed E-state index contributed by atoms with van der Waals surface area (Å²) < 4.78 is 26.6. The number of amides is 2. The van der Waals surface area contributed by atoms with Crippen LogP contribution in [0.5, 0.6) is 0 Å². The van der Waals surface area contributed by atoms with Crippen molar-refractivity contribution in [3.63, 3.8) is 0 Å². The van der Waals surface area contributed by atoms with E-state index in [2.05, 4.69) is 26.1 Å². The molecular formula is C27H38ClN3O4S. The average Bonchev–Trinajstić information content (AvgIpc) is 2.81. The van der Waals surface area contributed by atoms with Crippen molar-refractivity contribution in [2.75, 3.05) is 23.7 Å². The number of carbonyl (C=O) groups excluding carboxylic acids is 2. The predicted molar refractivity (Wildman–Crippen MR) is 147 cm³/mol. The third-order valence-corrected chi connectivity index (χ3v) is 7.29. The summed E-state index contributed by atoms with van der Waals surface area (Å²) in [4.78, 5) is 28.1. The third-order valence-electron chi connectivity index (χ3n) is 5.90. The molecule has 0 saturated heterocycles. The number of nitrogens with one attached hydrogen (secondary N) is 1. The van der Waals surface area contributed by atoms with E-state index in [1.54, 1.807) is 36.4 Å². The average molecular weight is 536 g/mol. The molecular weight excluding hydrogens is 498 g/mol. The fourth-order valence-corrected chi connectivity index (χ4v) is 4.79. The van der Waals surface area contributed by atoms with Crippen LogP contribution in [0.1, 0.15) is 58.6 Å². The Kier molecular flexibility index (Phi) is 10.4. The van der Waals surface area contributed by atoms with Crippen LogP contribution in [-0.4, -0.2) is 50.5 Å².